The fourth-order valence-corrected chi connectivity index (χ4v) is 4.24. The molecule has 146 valence electrons. The van der Waals surface area contributed by atoms with Gasteiger partial charge in [-0.25, -0.2) is 4.90 Å². The number of carbonyl (C=O) groups is 4. The van der Waals surface area contributed by atoms with Crippen LogP contribution in [0.15, 0.2) is 53.4 Å². The lowest BCUT2D eigenvalue weighted by Gasteiger charge is -2.20. The maximum atomic E-state index is 12.9. The molecule has 0 aromatic heterocycles. The molecule has 0 aliphatic carbocycles. The number of hydrogen-bond acceptors (Lipinski definition) is 5. The van der Waals surface area contributed by atoms with Crippen molar-refractivity contribution in [2.24, 2.45) is 0 Å². The second-order valence-electron chi connectivity index (χ2n) is 6.73. The monoisotopic (exact) mass is 426 g/mol. The standard InChI is InChI=1S/C21H15ClN2O4S/c1-12-2-8-15(9-3-12)23-18(25)11-16(19(23)26)24-20(27)17(29-21(24)28)10-13-4-6-14(22)7-5-13/h2-10,16H,11H2,1H3/b17-10-/t16-/m1/s1. The average Bonchev–Trinajstić information content (AvgIpc) is 3.12. The Kier molecular flexibility index (Phi) is 5.02. The van der Waals surface area contributed by atoms with Gasteiger partial charge in [-0.15, -0.1) is 0 Å². The molecule has 0 N–H and O–H groups in total. The first kappa shape index (κ1) is 19.4. The third-order valence-electron chi connectivity index (χ3n) is 4.72. The third kappa shape index (κ3) is 3.59. The molecule has 2 fully saturated rings. The summed E-state index contributed by atoms with van der Waals surface area (Å²) < 4.78 is 0. The molecule has 8 heteroatoms. The summed E-state index contributed by atoms with van der Waals surface area (Å²) in [5, 5.41) is -0.00589. The van der Waals surface area contributed by atoms with Crippen molar-refractivity contribution in [3.63, 3.8) is 0 Å². The molecule has 2 heterocycles. The molecule has 0 saturated carbocycles. The molecule has 2 aliphatic rings. The van der Waals surface area contributed by atoms with Crippen LogP contribution in [0, 0.1) is 6.92 Å². The van der Waals surface area contributed by atoms with Crippen LogP contribution in [0.5, 0.6) is 0 Å². The van der Waals surface area contributed by atoms with Gasteiger partial charge in [0.15, 0.2) is 0 Å². The maximum Gasteiger partial charge on any atom is 0.294 e. The quantitative estimate of drug-likeness (QED) is 0.547. The fraction of sp³-hybridized carbons (Fsp3) is 0.143. The van der Waals surface area contributed by atoms with Crippen LogP contribution in [-0.4, -0.2) is 33.9 Å². The van der Waals surface area contributed by atoms with E-state index in [2.05, 4.69) is 0 Å². The van der Waals surface area contributed by atoms with E-state index in [1.807, 2.05) is 6.92 Å². The highest BCUT2D eigenvalue weighted by atomic mass is 35.5. The summed E-state index contributed by atoms with van der Waals surface area (Å²) in [7, 11) is 0. The van der Waals surface area contributed by atoms with Crippen LogP contribution in [0.2, 0.25) is 5.02 Å². The Labute approximate surface area is 176 Å². The smallest absolute Gasteiger partial charge is 0.274 e. The first-order chi connectivity index (χ1) is 13.8. The van der Waals surface area contributed by atoms with E-state index in [0.717, 1.165) is 27.1 Å². The Morgan fingerprint density at radius 2 is 1.66 bits per heavy atom. The summed E-state index contributed by atoms with van der Waals surface area (Å²) in [6.07, 6.45) is 1.35. The van der Waals surface area contributed by atoms with Crippen LogP contribution in [0.25, 0.3) is 6.08 Å². The van der Waals surface area contributed by atoms with Gasteiger partial charge in [-0.05, 0) is 54.6 Å². The molecule has 0 spiro atoms. The van der Waals surface area contributed by atoms with Crippen molar-refractivity contribution in [2.75, 3.05) is 4.90 Å². The van der Waals surface area contributed by atoms with Crippen LogP contribution in [0.1, 0.15) is 17.5 Å². The van der Waals surface area contributed by atoms with E-state index >= 15 is 0 Å². The Hall–Kier alpha value is -2.90. The molecular formula is C21H15ClN2O4S. The highest BCUT2D eigenvalue weighted by Crippen LogP contribution is 2.37. The van der Waals surface area contributed by atoms with Crippen molar-refractivity contribution < 1.29 is 19.2 Å². The van der Waals surface area contributed by atoms with E-state index in [9.17, 15) is 19.2 Å². The van der Waals surface area contributed by atoms with Gasteiger partial charge < -0.3 is 0 Å². The van der Waals surface area contributed by atoms with Gasteiger partial charge in [0.2, 0.25) is 5.91 Å². The normalized spacial score (nSPS) is 21.0. The van der Waals surface area contributed by atoms with Gasteiger partial charge in [-0.1, -0.05) is 41.4 Å². The molecule has 2 aromatic rings. The predicted octanol–water partition coefficient (Wildman–Crippen LogP) is 4.02. The van der Waals surface area contributed by atoms with E-state index < -0.39 is 29.0 Å². The molecule has 0 bridgehead atoms. The number of carbonyl (C=O) groups excluding carboxylic acids is 4. The van der Waals surface area contributed by atoms with E-state index in [4.69, 9.17) is 11.6 Å². The number of hydrogen-bond donors (Lipinski definition) is 0. The molecule has 0 radical (unpaired) electrons. The van der Waals surface area contributed by atoms with Gasteiger partial charge in [0, 0.05) is 5.02 Å². The van der Waals surface area contributed by atoms with Crippen LogP contribution in [0.4, 0.5) is 10.5 Å². The number of thioether (sulfide) groups is 1. The van der Waals surface area contributed by atoms with Crippen LogP contribution in [-0.2, 0) is 14.4 Å². The second-order valence-corrected chi connectivity index (χ2v) is 8.16. The van der Waals surface area contributed by atoms with Crippen molar-refractivity contribution in [2.45, 2.75) is 19.4 Å². The molecule has 1 atom stereocenters. The van der Waals surface area contributed by atoms with Crippen LogP contribution < -0.4 is 4.90 Å². The Bertz CT molecular complexity index is 1060. The Morgan fingerprint density at radius 1 is 1.00 bits per heavy atom. The average molecular weight is 427 g/mol. The number of halogens is 1. The maximum absolute atomic E-state index is 12.9. The summed E-state index contributed by atoms with van der Waals surface area (Å²) in [6, 6.07) is 12.6. The lowest BCUT2D eigenvalue weighted by molar-refractivity contribution is -0.130. The van der Waals surface area contributed by atoms with Crippen molar-refractivity contribution in [3.8, 4) is 0 Å². The molecule has 29 heavy (non-hydrogen) atoms. The minimum Gasteiger partial charge on any atom is -0.274 e. The van der Waals surface area contributed by atoms with E-state index in [1.54, 1.807) is 54.6 Å². The van der Waals surface area contributed by atoms with Crippen LogP contribution in [0.3, 0.4) is 0 Å². The zero-order valence-corrected chi connectivity index (χ0v) is 16.9. The van der Waals surface area contributed by atoms with Crippen molar-refractivity contribution in [1.29, 1.82) is 0 Å². The van der Waals surface area contributed by atoms with E-state index in [1.165, 1.54) is 0 Å². The fourth-order valence-electron chi connectivity index (χ4n) is 3.24. The third-order valence-corrected chi connectivity index (χ3v) is 5.85. The van der Waals surface area contributed by atoms with Gasteiger partial charge >= 0.3 is 0 Å². The van der Waals surface area contributed by atoms with Gasteiger partial charge in [-0.3, -0.25) is 24.1 Å². The summed E-state index contributed by atoms with van der Waals surface area (Å²) in [5.41, 5.74) is 2.12. The Balaban J connectivity index is 1.59. The summed E-state index contributed by atoms with van der Waals surface area (Å²) >= 11 is 6.62. The van der Waals surface area contributed by atoms with E-state index in [-0.39, 0.29) is 11.3 Å². The minimum atomic E-state index is -1.13. The van der Waals surface area contributed by atoms with Crippen molar-refractivity contribution in [1.82, 2.24) is 4.90 Å². The van der Waals surface area contributed by atoms with Gasteiger partial charge in [0.05, 0.1) is 17.0 Å². The van der Waals surface area contributed by atoms with Crippen LogP contribution >= 0.6 is 23.4 Å². The molecule has 2 aromatic carbocycles. The van der Waals surface area contributed by atoms with Gasteiger partial charge in [-0.2, -0.15) is 0 Å². The molecule has 2 saturated heterocycles. The van der Waals surface area contributed by atoms with Crippen molar-refractivity contribution >= 4 is 58.1 Å². The lowest BCUT2D eigenvalue weighted by atomic mass is 10.2. The molecule has 0 unspecified atom stereocenters. The topological polar surface area (TPSA) is 74.8 Å². The molecule has 2 aliphatic heterocycles. The number of amides is 4. The number of benzene rings is 2. The second kappa shape index (κ2) is 7.50. The molecule has 4 rings (SSSR count). The first-order valence-electron chi connectivity index (χ1n) is 8.81. The van der Waals surface area contributed by atoms with E-state index in [0.29, 0.717) is 16.3 Å². The molecule has 6 nitrogen and oxygen atoms in total. The largest absolute Gasteiger partial charge is 0.294 e. The lowest BCUT2D eigenvalue weighted by Crippen LogP contribution is -2.44. The highest BCUT2D eigenvalue weighted by Gasteiger charge is 2.50. The first-order valence-corrected chi connectivity index (χ1v) is 10.0. The van der Waals surface area contributed by atoms with Gasteiger partial charge in [0.1, 0.15) is 6.04 Å². The number of rotatable bonds is 3. The number of imide groups is 2. The zero-order valence-electron chi connectivity index (χ0n) is 15.3. The highest BCUT2D eigenvalue weighted by molar-refractivity contribution is 8.18. The summed E-state index contributed by atoms with van der Waals surface area (Å²) in [5.74, 6) is -1.59. The molecule has 4 amide bonds. The Morgan fingerprint density at radius 3 is 2.31 bits per heavy atom. The number of nitrogens with zero attached hydrogens (tertiary/aromatic N) is 2. The number of anilines is 1. The van der Waals surface area contributed by atoms with Crippen molar-refractivity contribution in [3.05, 3.63) is 69.6 Å². The number of aryl methyl sites for hydroxylation is 1. The summed E-state index contributed by atoms with van der Waals surface area (Å²) in [6.45, 7) is 1.90. The molecular weight excluding hydrogens is 412 g/mol. The SMILES string of the molecule is Cc1ccc(N2C(=O)C[C@@H](N3C(=O)S/C(=C\c4ccc(Cl)cc4)C3=O)C2=O)cc1. The summed E-state index contributed by atoms with van der Waals surface area (Å²) in [4.78, 5) is 52.8. The zero-order chi connectivity index (χ0) is 20.7. The minimum absolute atomic E-state index is 0.200. The predicted molar refractivity (Wildman–Crippen MR) is 111 cm³/mol. The van der Waals surface area contributed by atoms with Gasteiger partial charge in [0.25, 0.3) is 17.1 Å².